The van der Waals surface area contributed by atoms with E-state index in [1.807, 2.05) is 61.5 Å². The van der Waals surface area contributed by atoms with E-state index >= 15 is 0 Å². The van der Waals surface area contributed by atoms with Gasteiger partial charge in [0.1, 0.15) is 12.4 Å². The van der Waals surface area contributed by atoms with E-state index in [1.165, 1.54) is 0 Å². The predicted octanol–water partition coefficient (Wildman–Crippen LogP) is 4.30. The fraction of sp³-hybridized carbons (Fsp3) is 0.222. The Morgan fingerprint density at radius 2 is 1.42 bits per heavy atom. The molecule has 0 radical (unpaired) electrons. The highest BCUT2D eigenvalue weighted by molar-refractivity contribution is 6.21. The zero-order valence-electron chi connectivity index (χ0n) is 18.6. The highest BCUT2D eigenvalue weighted by Gasteiger charge is 2.35. The van der Waals surface area contributed by atoms with E-state index in [9.17, 15) is 14.4 Å². The van der Waals surface area contributed by atoms with Crippen LogP contribution in [0.5, 0.6) is 5.75 Å². The molecule has 4 rings (SSSR count). The smallest absolute Gasteiger partial charge is 0.261 e. The van der Waals surface area contributed by atoms with Gasteiger partial charge in [0, 0.05) is 26.1 Å². The van der Waals surface area contributed by atoms with Crippen LogP contribution in [0.3, 0.4) is 0 Å². The molecule has 3 aromatic carbocycles. The van der Waals surface area contributed by atoms with Crippen LogP contribution in [0.2, 0.25) is 0 Å². The number of ether oxygens (including phenoxy) is 1. The van der Waals surface area contributed by atoms with Crippen molar-refractivity contribution >= 4 is 17.7 Å². The molecular weight excluding hydrogens is 416 g/mol. The largest absolute Gasteiger partial charge is 0.489 e. The van der Waals surface area contributed by atoms with Gasteiger partial charge in [0.15, 0.2) is 0 Å². The van der Waals surface area contributed by atoms with Crippen LogP contribution in [0.4, 0.5) is 0 Å². The number of fused-ring (bicyclic) bond motifs is 1. The fourth-order valence-electron chi connectivity index (χ4n) is 3.84. The molecule has 0 atom stereocenters. The molecule has 0 spiro atoms. The van der Waals surface area contributed by atoms with E-state index in [2.05, 4.69) is 0 Å². The maximum Gasteiger partial charge on any atom is 0.261 e. The van der Waals surface area contributed by atoms with Crippen molar-refractivity contribution in [3.63, 3.8) is 0 Å². The third-order valence-corrected chi connectivity index (χ3v) is 5.71. The van der Waals surface area contributed by atoms with Crippen LogP contribution in [-0.4, -0.2) is 40.6 Å². The van der Waals surface area contributed by atoms with E-state index in [0.29, 0.717) is 30.8 Å². The Morgan fingerprint density at radius 1 is 0.818 bits per heavy atom. The van der Waals surface area contributed by atoms with Crippen molar-refractivity contribution in [1.29, 1.82) is 0 Å². The lowest BCUT2D eigenvalue weighted by molar-refractivity contribution is -0.131. The monoisotopic (exact) mass is 442 g/mol. The van der Waals surface area contributed by atoms with E-state index in [0.717, 1.165) is 21.8 Å². The second-order valence-electron chi connectivity index (χ2n) is 7.88. The number of nitrogens with zero attached hydrogens (tertiary/aromatic N) is 2. The molecule has 0 unspecified atom stereocenters. The molecule has 0 aromatic heterocycles. The first kappa shape index (κ1) is 22.3. The van der Waals surface area contributed by atoms with E-state index < -0.39 is 0 Å². The number of amides is 3. The number of hydrogen-bond acceptors (Lipinski definition) is 4. The molecule has 1 heterocycles. The Morgan fingerprint density at radius 3 is 2.03 bits per heavy atom. The molecule has 0 saturated heterocycles. The summed E-state index contributed by atoms with van der Waals surface area (Å²) >= 11 is 0. The Kier molecular flexibility index (Phi) is 6.83. The van der Waals surface area contributed by atoms with Crippen LogP contribution in [0.1, 0.15) is 45.2 Å². The van der Waals surface area contributed by atoms with Gasteiger partial charge < -0.3 is 9.64 Å². The minimum absolute atomic E-state index is 0.0773. The molecule has 0 aliphatic carbocycles. The van der Waals surface area contributed by atoms with Gasteiger partial charge in [-0.1, -0.05) is 54.6 Å². The summed E-state index contributed by atoms with van der Waals surface area (Å²) in [6, 6.07) is 24.4. The quantitative estimate of drug-likeness (QED) is 0.464. The summed E-state index contributed by atoms with van der Waals surface area (Å²) in [5.74, 6) is -0.00357. The number of imide groups is 1. The second-order valence-corrected chi connectivity index (χ2v) is 7.88. The first-order valence-electron chi connectivity index (χ1n) is 11.1. The number of carbonyl (C=O) groups is 3. The van der Waals surface area contributed by atoms with Crippen molar-refractivity contribution in [2.24, 2.45) is 0 Å². The molecule has 6 nitrogen and oxygen atoms in total. The fourth-order valence-corrected chi connectivity index (χ4v) is 3.84. The molecule has 6 heteroatoms. The van der Waals surface area contributed by atoms with Gasteiger partial charge in [0.2, 0.25) is 5.91 Å². The minimum atomic E-state index is -0.336. The Bertz CT molecular complexity index is 1110. The van der Waals surface area contributed by atoms with E-state index in [4.69, 9.17) is 4.74 Å². The van der Waals surface area contributed by atoms with Crippen LogP contribution in [0, 0.1) is 0 Å². The van der Waals surface area contributed by atoms with Crippen molar-refractivity contribution in [2.45, 2.75) is 26.5 Å². The van der Waals surface area contributed by atoms with Crippen molar-refractivity contribution < 1.29 is 19.1 Å². The second kappa shape index (κ2) is 10.1. The topological polar surface area (TPSA) is 66.9 Å². The summed E-state index contributed by atoms with van der Waals surface area (Å²) in [5, 5.41) is 0. The van der Waals surface area contributed by atoms with Crippen LogP contribution in [0.25, 0.3) is 0 Å². The maximum absolute atomic E-state index is 12.8. The van der Waals surface area contributed by atoms with Crippen LogP contribution >= 0.6 is 0 Å². The molecule has 0 fully saturated rings. The number of rotatable bonds is 9. The molecule has 0 bridgehead atoms. The molecule has 3 amide bonds. The van der Waals surface area contributed by atoms with Gasteiger partial charge >= 0.3 is 0 Å². The van der Waals surface area contributed by atoms with Crippen LogP contribution in [0.15, 0.2) is 78.9 Å². The zero-order chi connectivity index (χ0) is 23.2. The van der Waals surface area contributed by atoms with Crippen molar-refractivity contribution in [1.82, 2.24) is 9.80 Å². The summed E-state index contributed by atoms with van der Waals surface area (Å²) < 4.78 is 5.82. The molecule has 3 aromatic rings. The number of hydrogen-bond donors (Lipinski definition) is 0. The third kappa shape index (κ3) is 5.12. The summed E-state index contributed by atoms with van der Waals surface area (Å²) in [6.45, 7) is 3.48. The molecule has 0 N–H and O–H groups in total. The summed E-state index contributed by atoms with van der Waals surface area (Å²) in [6.07, 6.45) is 0.0948. The molecular formula is C27H26N2O4. The average molecular weight is 443 g/mol. The van der Waals surface area contributed by atoms with Crippen LogP contribution in [-0.2, 0) is 17.9 Å². The number of carbonyl (C=O) groups excluding carboxylic acids is 3. The predicted molar refractivity (Wildman–Crippen MR) is 125 cm³/mol. The lowest BCUT2D eigenvalue weighted by Gasteiger charge is -2.22. The van der Waals surface area contributed by atoms with Gasteiger partial charge in [0.05, 0.1) is 11.1 Å². The maximum atomic E-state index is 12.8. The molecule has 168 valence electrons. The van der Waals surface area contributed by atoms with Gasteiger partial charge in [-0.15, -0.1) is 0 Å². The first-order chi connectivity index (χ1) is 16.1. The minimum Gasteiger partial charge on any atom is -0.489 e. The van der Waals surface area contributed by atoms with E-state index in [1.54, 1.807) is 29.2 Å². The van der Waals surface area contributed by atoms with Crippen molar-refractivity contribution in [2.75, 3.05) is 13.1 Å². The lowest BCUT2D eigenvalue weighted by atomic mass is 10.1. The third-order valence-electron chi connectivity index (χ3n) is 5.71. The molecule has 1 aliphatic heterocycles. The van der Waals surface area contributed by atoms with Gasteiger partial charge in [-0.05, 0) is 42.3 Å². The van der Waals surface area contributed by atoms with Gasteiger partial charge in [-0.25, -0.2) is 0 Å². The van der Waals surface area contributed by atoms with Crippen molar-refractivity contribution in [3.05, 3.63) is 101 Å². The van der Waals surface area contributed by atoms with Crippen molar-refractivity contribution in [3.8, 4) is 5.75 Å². The summed E-state index contributed by atoms with van der Waals surface area (Å²) in [5.41, 5.74) is 2.88. The van der Waals surface area contributed by atoms with Crippen LogP contribution < -0.4 is 4.74 Å². The standard InChI is InChI=1S/C27H26N2O4/c1-2-28(18-20-12-14-22(15-13-20)33-19-21-8-4-3-5-9-21)25(30)16-17-29-26(31)23-10-6-7-11-24(23)27(29)32/h3-15H,2,16-19H2,1H3. The Hall–Kier alpha value is -3.93. The lowest BCUT2D eigenvalue weighted by Crippen LogP contribution is -2.36. The Labute approximate surface area is 193 Å². The highest BCUT2D eigenvalue weighted by Crippen LogP contribution is 2.23. The van der Waals surface area contributed by atoms with Gasteiger partial charge in [0.25, 0.3) is 11.8 Å². The Balaban J connectivity index is 1.30. The normalized spacial score (nSPS) is 12.6. The van der Waals surface area contributed by atoms with Gasteiger partial charge in [-0.2, -0.15) is 0 Å². The molecule has 1 aliphatic rings. The zero-order valence-corrected chi connectivity index (χ0v) is 18.6. The summed E-state index contributed by atoms with van der Waals surface area (Å²) in [7, 11) is 0. The first-order valence-corrected chi connectivity index (χ1v) is 11.1. The highest BCUT2D eigenvalue weighted by atomic mass is 16.5. The SMILES string of the molecule is CCN(Cc1ccc(OCc2ccccc2)cc1)C(=O)CCN1C(=O)c2ccccc2C1=O. The van der Waals surface area contributed by atoms with Gasteiger partial charge in [-0.3, -0.25) is 19.3 Å². The van der Waals surface area contributed by atoms with E-state index in [-0.39, 0.29) is 30.7 Å². The average Bonchev–Trinajstić information content (AvgIpc) is 3.10. The summed E-state index contributed by atoms with van der Waals surface area (Å²) in [4.78, 5) is 40.7. The number of benzene rings is 3. The molecule has 33 heavy (non-hydrogen) atoms. The molecule has 0 saturated carbocycles.